The Morgan fingerprint density at radius 3 is 2.38 bits per heavy atom. The van der Waals surface area contributed by atoms with E-state index in [1.807, 2.05) is 6.92 Å². The summed E-state index contributed by atoms with van der Waals surface area (Å²) in [4.78, 5) is 0.106. The molecule has 0 spiro atoms. The Kier molecular flexibility index (Phi) is 4.71. The van der Waals surface area contributed by atoms with Crippen LogP contribution in [-0.4, -0.2) is 52.5 Å². The van der Waals surface area contributed by atoms with E-state index in [1.54, 1.807) is 26.0 Å². The van der Waals surface area contributed by atoms with E-state index in [-0.39, 0.29) is 11.5 Å². The van der Waals surface area contributed by atoms with Crippen molar-refractivity contribution in [2.45, 2.75) is 56.1 Å². The Morgan fingerprint density at radius 2 is 1.75 bits per heavy atom. The third-order valence-corrected chi connectivity index (χ3v) is 5.33. The van der Waals surface area contributed by atoms with Gasteiger partial charge in [-0.25, -0.2) is 0 Å². The monoisotopic (exact) mass is 358 g/mol. The molecule has 1 aromatic carbocycles. The summed E-state index contributed by atoms with van der Waals surface area (Å²) in [6, 6.07) is 6.46. The third-order valence-electron chi connectivity index (χ3n) is 4.04. The quantitative estimate of drug-likeness (QED) is 0.740. The van der Waals surface area contributed by atoms with Gasteiger partial charge in [0.25, 0.3) is 10.1 Å². The number of fused-ring (bicyclic) bond motifs is 1. The second kappa shape index (κ2) is 6.36. The first kappa shape index (κ1) is 17.8. The molecule has 2 aliphatic heterocycles. The lowest BCUT2D eigenvalue weighted by atomic mass is 10.1. The van der Waals surface area contributed by atoms with Crippen LogP contribution >= 0.6 is 0 Å². The van der Waals surface area contributed by atoms with Gasteiger partial charge < -0.3 is 18.9 Å². The molecule has 0 radical (unpaired) electrons. The third kappa shape index (κ3) is 3.49. The van der Waals surface area contributed by atoms with Crippen molar-refractivity contribution in [2.75, 3.05) is 13.7 Å². The maximum atomic E-state index is 12.3. The highest BCUT2D eigenvalue weighted by Gasteiger charge is 2.55. The zero-order chi connectivity index (χ0) is 17.5. The molecule has 0 bridgehead atoms. The molecule has 2 heterocycles. The second-order valence-corrected chi connectivity index (χ2v) is 8.01. The van der Waals surface area contributed by atoms with E-state index < -0.39 is 40.5 Å². The first-order valence-electron chi connectivity index (χ1n) is 7.72. The van der Waals surface area contributed by atoms with Crippen molar-refractivity contribution in [1.82, 2.24) is 0 Å². The fourth-order valence-corrected chi connectivity index (χ4v) is 3.81. The highest BCUT2D eigenvalue weighted by molar-refractivity contribution is 7.86. The van der Waals surface area contributed by atoms with Gasteiger partial charge in [-0.1, -0.05) is 17.7 Å². The molecule has 7 nitrogen and oxygen atoms in total. The number of rotatable bonds is 5. The van der Waals surface area contributed by atoms with Gasteiger partial charge in [0.15, 0.2) is 12.1 Å². The molecule has 0 saturated carbocycles. The van der Waals surface area contributed by atoms with Gasteiger partial charge in [-0.05, 0) is 32.9 Å². The molecule has 1 aromatic rings. The van der Waals surface area contributed by atoms with E-state index in [1.165, 1.54) is 19.2 Å². The van der Waals surface area contributed by atoms with Crippen LogP contribution in [0.1, 0.15) is 19.4 Å². The topological polar surface area (TPSA) is 80.3 Å². The number of hydrogen-bond acceptors (Lipinski definition) is 7. The van der Waals surface area contributed by atoms with Crippen LogP contribution < -0.4 is 0 Å². The summed E-state index contributed by atoms with van der Waals surface area (Å²) in [7, 11) is -2.36. The predicted molar refractivity (Wildman–Crippen MR) is 83.8 cm³/mol. The zero-order valence-corrected chi connectivity index (χ0v) is 14.9. The Morgan fingerprint density at radius 1 is 1.12 bits per heavy atom. The van der Waals surface area contributed by atoms with Crippen molar-refractivity contribution in [1.29, 1.82) is 0 Å². The van der Waals surface area contributed by atoms with Crippen molar-refractivity contribution in [3.05, 3.63) is 29.8 Å². The maximum Gasteiger partial charge on any atom is 0.297 e. The zero-order valence-electron chi connectivity index (χ0n) is 14.1. The van der Waals surface area contributed by atoms with E-state index in [9.17, 15) is 8.42 Å². The molecular weight excluding hydrogens is 336 g/mol. The normalized spacial score (nSPS) is 32.0. The highest BCUT2D eigenvalue weighted by atomic mass is 32.2. The molecule has 0 N–H and O–H groups in total. The van der Waals surface area contributed by atoms with E-state index >= 15 is 0 Å². The predicted octanol–water partition coefficient (Wildman–Crippen LogP) is 1.59. The summed E-state index contributed by atoms with van der Waals surface area (Å²) in [6.45, 7) is 5.29. The average molecular weight is 358 g/mol. The molecular formula is C16H22O7S. The van der Waals surface area contributed by atoms with Gasteiger partial charge in [-0.2, -0.15) is 8.42 Å². The molecule has 2 saturated heterocycles. The number of methoxy groups -OCH3 is 1. The van der Waals surface area contributed by atoms with Gasteiger partial charge in [0.05, 0.1) is 11.5 Å². The van der Waals surface area contributed by atoms with Gasteiger partial charge in [-0.3, -0.25) is 4.18 Å². The van der Waals surface area contributed by atoms with E-state index in [4.69, 9.17) is 23.1 Å². The lowest BCUT2D eigenvalue weighted by molar-refractivity contribution is -0.229. The van der Waals surface area contributed by atoms with Crippen LogP contribution in [0.15, 0.2) is 29.2 Å². The fourth-order valence-electron chi connectivity index (χ4n) is 2.90. The Labute approximate surface area is 141 Å². The second-order valence-electron chi connectivity index (χ2n) is 6.40. The van der Waals surface area contributed by atoms with Crippen LogP contribution in [0.25, 0.3) is 0 Å². The molecule has 0 aliphatic carbocycles. The van der Waals surface area contributed by atoms with Gasteiger partial charge in [-0.15, -0.1) is 0 Å². The molecule has 2 fully saturated rings. The average Bonchev–Trinajstić information content (AvgIpc) is 2.99. The first-order valence-corrected chi connectivity index (χ1v) is 9.13. The molecule has 0 amide bonds. The lowest BCUT2D eigenvalue weighted by Gasteiger charge is -2.23. The van der Waals surface area contributed by atoms with Gasteiger partial charge in [0.1, 0.15) is 18.3 Å². The Balaban J connectivity index is 1.69. The van der Waals surface area contributed by atoms with Crippen LogP contribution in [0.2, 0.25) is 0 Å². The van der Waals surface area contributed by atoms with Crippen molar-refractivity contribution in [3.8, 4) is 0 Å². The number of hydrogen-bond donors (Lipinski definition) is 0. The number of benzene rings is 1. The Bertz CT molecular complexity index is 683. The summed E-state index contributed by atoms with van der Waals surface area (Å²) >= 11 is 0. The van der Waals surface area contributed by atoms with E-state index in [0.29, 0.717) is 0 Å². The molecule has 134 valence electrons. The maximum absolute atomic E-state index is 12.3. The van der Waals surface area contributed by atoms with Crippen molar-refractivity contribution in [3.63, 3.8) is 0 Å². The minimum absolute atomic E-state index is 0.106. The summed E-state index contributed by atoms with van der Waals surface area (Å²) < 4.78 is 52.2. The van der Waals surface area contributed by atoms with Crippen LogP contribution in [-0.2, 0) is 33.2 Å². The molecule has 2 aliphatic rings. The number of aryl methyl sites for hydroxylation is 1. The van der Waals surface area contributed by atoms with Crippen LogP contribution in [0.4, 0.5) is 0 Å². The van der Waals surface area contributed by atoms with Crippen molar-refractivity contribution >= 4 is 10.1 Å². The largest absolute Gasteiger partial charge is 0.353 e. The van der Waals surface area contributed by atoms with Crippen LogP contribution in [0.3, 0.4) is 0 Å². The highest BCUT2D eigenvalue weighted by Crippen LogP contribution is 2.39. The minimum atomic E-state index is -3.86. The van der Waals surface area contributed by atoms with Crippen LogP contribution in [0, 0.1) is 6.92 Å². The van der Waals surface area contributed by atoms with E-state index in [0.717, 1.165) is 5.56 Å². The summed E-state index contributed by atoms with van der Waals surface area (Å²) in [5, 5.41) is 0. The van der Waals surface area contributed by atoms with Gasteiger partial charge in [0.2, 0.25) is 0 Å². The first-order chi connectivity index (χ1) is 11.2. The fraction of sp³-hybridized carbons (Fsp3) is 0.625. The molecule has 24 heavy (non-hydrogen) atoms. The van der Waals surface area contributed by atoms with Crippen molar-refractivity contribution < 1.29 is 31.5 Å². The lowest BCUT2D eigenvalue weighted by Crippen LogP contribution is -2.33. The minimum Gasteiger partial charge on any atom is -0.353 e. The molecule has 3 rings (SSSR count). The van der Waals surface area contributed by atoms with Crippen LogP contribution in [0.5, 0.6) is 0 Å². The smallest absolute Gasteiger partial charge is 0.297 e. The van der Waals surface area contributed by atoms with Gasteiger partial charge >= 0.3 is 0 Å². The van der Waals surface area contributed by atoms with Gasteiger partial charge in [0, 0.05) is 7.11 Å². The molecule has 4 atom stereocenters. The molecule has 0 unspecified atom stereocenters. The summed E-state index contributed by atoms with van der Waals surface area (Å²) in [5.41, 5.74) is 0.970. The number of ether oxygens (including phenoxy) is 4. The standard InChI is InChI=1S/C16H22O7S/c1-10-5-7-11(8-6-10)24(17,18)20-9-12-13-14(15(19-4)21-12)23-16(2,3)22-13/h5-8,12-15H,9H2,1-4H3/t12-,13+,14-,15-/m1/s1. The van der Waals surface area contributed by atoms with E-state index in [2.05, 4.69) is 0 Å². The summed E-state index contributed by atoms with van der Waals surface area (Å²) in [6.07, 6.45) is -2.08. The molecule has 0 aromatic heterocycles. The molecule has 8 heteroatoms. The summed E-state index contributed by atoms with van der Waals surface area (Å²) in [5.74, 6) is -0.774. The van der Waals surface area contributed by atoms with Crippen molar-refractivity contribution in [2.24, 2.45) is 0 Å². The Hall–Kier alpha value is -1.03. The SMILES string of the molecule is CO[C@@H]1O[C@H](COS(=O)(=O)c2ccc(C)cc2)[C@@H]2OC(C)(C)O[C@@H]12.